The van der Waals surface area contributed by atoms with E-state index < -0.39 is 6.10 Å². The van der Waals surface area contributed by atoms with Crippen LogP contribution in [0, 0.1) is 5.41 Å². The van der Waals surface area contributed by atoms with Gasteiger partial charge in [0.05, 0.1) is 7.11 Å². The number of aliphatic hydroxyl groups excluding tert-OH is 1. The Labute approximate surface area is 127 Å². The summed E-state index contributed by atoms with van der Waals surface area (Å²) < 4.78 is 10.8. The van der Waals surface area contributed by atoms with Gasteiger partial charge in [-0.2, -0.15) is 0 Å². The zero-order chi connectivity index (χ0) is 15.1. The van der Waals surface area contributed by atoms with E-state index in [4.69, 9.17) is 9.47 Å². The van der Waals surface area contributed by atoms with E-state index >= 15 is 0 Å². The molecule has 0 saturated heterocycles. The van der Waals surface area contributed by atoms with Crippen molar-refractivity contribution >= 4 is 0 Å². The Morgan fingerprint density at radius 1 is 1.29 bits per heavy atom. The highest BCUT2D eigenvalue weighted by Gasteiger charge is 2.40. The summed E-state index contributed by atoms with van der Waals surface area (Å²) >= 11 is 0. The number of benzene rings is 1. The van der Waals surface area contributed by atoms with Gasteiger partial charge in [-0.25, -0.2) is 0 Å². The van der Waals surface area contributed by atoms with Crippen LogP contribution in [-0.2, 0) is 0 Å². The van der Waals surface area contributed by atoms with Crippen LogP contribution in [0.3, 0.4) is 0 Å². The first kappa shape index (κ1) is 16.1. The summed E-state index contributed by atoms with van der Waals surface area (Å²) in [5.41, 5.74) is 0.512. The second-order valence-electron chi connectivity index (χ2n) is 6.00. The quantitative estimate of drug-likeness (QED) is 0.696. The standard InChI is InChI=1S/C17H27NO3/c1-3-8-17(9-10-17)13-18-11-14(19)12-21-16-7-5-4-6-15(16)20-2/h4-7,14,18-19H,3,8-13H2,1-2H3. The third-order valence-corrected chi connectivity index (χ3v) is 4.12. The van der Waals surface area contributed by atoms with Crippen molar-refractivity contribution in [1.29, 1.82) is 0 Å². The molecule has 1 aromatic carbocycles. The predicted octanol–water partition coefficient (Wildman–Crippen LogP) is 2.60. The monoisotopic (exact) mass is 293 g/mol. The molecule has 4 nitrogen and oxygen atoms in total. The van der Waals surface area contributed by atoms with E-state index in [9.17, 15) is 5.11 Å². The average molecular weight is 293 g/mol. The molecule has 0 aromatic heterocycles. The molecule has 118 valence electrons. The fourth-order valence-corrected chi connectivity index (χ4v) is 2.71. The molecule has 0 aliphatic heterocycles. The van der Waals surface area contributed by atoms with Gasteiger partial charge in [0.15, 0.2) is 11.5 Å². The van der Waals surface area contributed by atoms with E-state index in [1.165, 1.54) is 25.7 Å². The summed E-state index contributed by atoms with van der Waals surface area (Å²) in [5, 5.41) is 13.4. The third-order valence-electron chi connectivity index (χ3n) is 4.12. The van der Waals surface area contributed by atoms with Crippen LogP contribution in [0.2, 0.25) is 0 Å². The molecule has 0 amide bonds. The highest BCUT2D eigenvalue weighted by atomic mass is 16.5. The molecular formula is C17H27NO3. The molecule has 1 fully saturated rings. The van der Waals surface area contributed by atoms with Crippen molar-refractivity contribution in [3.63, 3.8) is 0 Å². The number of ether oxygens (including phenoxy) is 2. The first-order chi connectivity index (χ1) is 10.2. The van der Waals surface area contributed by atoms with Crippen molar-refractivity contribution in [2.75, 3.05) is 26.8 Å². The number of nitrogens with one attached hydrogen (secondary N) is 1. The van der Waals surface area contributed by atoms with Gasteiger partial charge in [-0.05, 0) is 36.8 Å². The molecule has 0 heterocycles. The fourth-order valence-electron chi connectivity index (χ4n) is 2.71. The van der Waals surface area contributed by atoms with Crippen LogP contribution in [-0.4, -0.2) is 38.0 Å². The van der Waals surface area contributed by atoms with Crippen LogP contribution < -0.4 is 14.8 Å². The van der Waals surface area contributed by atoms with E-state index in [1.54, 1.807) is 7.11 Å². The van der Waals surface area contributed by atoms with Gasteiger partial charge >= 0.3 is 0 Å². The van der Waals surface area contributed by atoms with Crippen LogP contribution in [0.5, 0.6) is 11.5 Å². The lowest BCUT2D eigenvalue weighted by Crippen LogP contribution is -2.34. The van der Waals surface area contributed by atoms with Gasteiger partial charge in [-0.1, -0.05) is 25.5 Å². The molecule has 4 heteroatoms. The SMILES string of the molecule is CCCC1(CNCC(O)COc2ccccc2OC)CC1. The zero-order valence-electron chi connectivity index (χ0n) is 13.1. The van der Waals surface area contributed by atoms with Crippen LogP contribution in [0.15, 0.2) is 24.3 Å². The van der Waals surface area contributed by atoms with E-state index in [0.717, 1.165) is 6.54 Å². The zero-order valence-corrected chi connectivity index (χ0v) is 13.1. The van der Waals surface area contributed by atoms with Crippen LogP contribution >= 0.6 is 0 Å². The minimum absolute atomic E-state index is 0.272. The van der Waals surface area contributed by atoms with E-state index in [0.29, 0.717) is 23.5 Å². The number of hydrogen-bond acceptors (Lipinski definition) is 4. The molecule has 2 rings (SSSR count). The minimum atomic E-state index is -0.507. The molecule has 1 aliphatic carbocycles. The molecule has 0 radical (unpaired) electrons. The molecular weight excluding hydrogens is 266 g/mol. The van der Waals surface area contributed by atoms with Crippen molar-refractivity contribution in [1.82, 2.24) is 5.32 Å². The Morgan fingerprint density at radius 2 is 2.00 bits per heavy atom. The fraction of sp³-hybridized carbons (Fsp3) is 0.647. The molecule has 2 N–H and O–H groups in total. The Balaban J connectivity index is 1.67. The molecule has 21 heavy (non-hydrogen) atoms. The number of hydrogen-bond donors (Lipinski definition) is 2. The molecule has 1 unspecified atom stereocenters. The topological polar surface area (TPSA) is 50.7 Å². The lowest BCUT2D eigenvalue weighted by Gasteiger charge is -2.18. The molecule has 1 saturated carbocycles. The van der Waals surface area contributed by atoms with Crippen LogP contribution in [0.1, 0.15) is 32.6 Å². The summed E-state index contributed by atoms with van der Waals surface area (Å²) in [4.78, 5) is 0. The van der Waals surface area contributed by atoms with Crippen molar-refractivity contribution < 1.29 is 14.6 Å². The molecule has 1 aliphatic rings. The molecule has 1 atom stereocenters. The van der Waals surface area contributed by atoms with E-state index in [2.05, 4.69) is 12.2 Å². The maximum Gasteiger partial charge on any atom is 0.161 e. The highest BCUT2D eigenvalue weighted by molar-refractivity contribution is 5.39. The summed E-state index contributed by atoms with van der Waals surface area (Å²) in [6, 6.07) is 7.48. The third kappa shape index (κ3) is 4.90. The van der Waals surface area contributed by atoms with Gasteiger partial charge in [0.1, 0.15) is 12.7 Å². The molecule has 0 bridgehead atoms. The molecule has 1 aromatic rings. The smallest absolute Gasteiger partial charge is 0.161 e. The highest BCUT2D eigenvalue weighted by Crippen LogP contribution is 2.48. The Kier molecular flexibility index (Phi) is 5.88. The number of rotatable bonds is 10. The van der Waals surface area contributed by atoms with Gasteiger partial charge in [0.2, 0.25) is 0 Å². The predicted molar refractivity (Wildman–Crippen MR) is 83.9 cm³/mol. The summed E-state index contributed by atoms with van der Waals surface area (Å²) in [6.45, 7) is 4.08. The van der Waals surface area contributed by atoms with E-state index in [-0.39, 0.29) is 6.61 Å². The lowest BCUT2D eigenvalue weighted by molar-refractivity contribution is 0.103. The largest absolute Gasteiger partial charge is 0.493 e. The second-order valence-corrected chi connectivity index (χ2v) is 6.00. The second kappa shape index (κ2) is 7.66. The van der Waals surface area contributed by atoms with Crippen molar-refractivity contribution in [2.45, 2.75) is 38.7 Å². The van der Waals surface area contributed by atoms with Crippen molar-refractivity contribution in [3.8, 4) is 11.5 Å². The minimum Gasteiger partial charge on any atom is -0.493 e. The van der Waals surface area contributed by atoms with Crippen LogP contribution in [0.4, 0.5) is 0 Å². The summed E-state index contributed by atoms with van der Waals surface area (Å²) in [7, 11) is 1.61. The van der Waals surface area contributed by atoms with Gasteiger partial charge in [-0.3, -0.25) is 0 Å². The van der Waals surface area contributed by atoms with Gasteiger partial charge in [0.25, 0.3) is 0 Å². The first-order valence-electron chi connectivity index (χ1n) is 7.84. The number of para-hydroxylation sites is 2. The van der Waals surface area contributed by atoms with E-state index in [1.807, 2.05) is 24.3 Å². The Hall–Kier alpha value is -1.26. The van der Waals surface area contributed by atoms with Crippen molar-refractivity contribution in [2.24, 2.45) is 5.41 Å². The Morgan fingerprint density at radius 3 is 2.62 bits per heavy atom. The summed E-state index contributed by atoms with van der Waals surface area (Å²) in [6.07, 6.45) is 4.66. The van der Waals surface area contributed by atoms with Gasteiger partial charge in [-0.15, -0.1) is 0 Å². The van der Waals surface area contributed by atoms with Gasteiger partial charge < -0.3 is 19.9 Å². The van der Waals surface area contributed by atoms with Crippen molar-refractivity contribution in [3.05, 3.63) is 24.3 Å². The molecule has 0 spiro atoms. The summed E-state index contributed by atoms with van der Waals surface area (Å²) in [5.74, 6) is 1.36. The van der Waals surface area contributed by atoms with Gasteiger partial charge in [0, 0.05) is 13.1 Å². The normalized spacial score (nSPS) is 17.3. The maximum absolute atomic E-state index is 9.99. The number of aliphatic hydroxyl groups is 1. The number of methoxy groups -OCH3 is 1. The first-order valence-corrected chi connectivity index (χ1v) is 7.84. The lowest BCUT2D eigenvalue weighted by atomic mass is 10.0. The maximum atomic E-state index is 9.99. The average Bonchev–Trinajstić information content (AvgIpc) is 3.25. The van der Waals surface area contributed by atoms with Crippen LogP contribution in [0.25, 0.3) is 0 Å². The Bertz CT molecular complexity index is 432.